The van der Waals surface area contributed by atoms with Crippen LogP contribution in [0, 0.1) is 5.92 Å². The Hall–Kier alpha value is -3.71. The van der Waals surface area contributed by atoms with Crippen molar-refractivity contribution in [3.8, 4) is 11.3 Å². The smallest absolute Gasteiger partial charge is 0.229 e. The fourth-order valence-electron chi connectivity index (χ4n) is 4.41. The molecule has 1 saturated heterocycles. The number of nitrogens with one attached hydrogen (secondary N) is 2. The average Bonchev–Trinajstić information content (AvgIpc) is 3.34. The Labute approximate surface area is 209 Å². The molecule has 0 bridgehead atoms. The Morgan fingerprint density at radius 3 is 2.86 bits per heavy atom. The van der Waals surface area contributed by atoms with Crippen molar-refractivity contribution >= 4 is 45.7 Å². The zero-order chi connectivity index (χ0) is 24.4. The van der Waals surface area contributed by atoms with Crippen LogP contribution in [0.3, 0.4) is 0 Å². The van der Waals surface area contributed by atoms with E-state index in [-0.39, 0.29) is 12.2 Å². The van der Waals surface area contributed by atoms with Crippen LogP contribution in [0.1, 0.15) is 25.3 Å². The van der Waals surface area contributed by atoms with Gasteiger partial charge in [0.25, 0.3) is 0 Å². The van der Waals surface area contributed by atoms with E-state index in [1.807, 2.05) is 24.3 Å². The molecule has 1 aliphatic rings. The predicted molar refractivity (Wildman–Crippen MR) is 141 cm³/mol. The van der Waals surface area contributed by atoms with E-state index in [4.69, 9.17) is 16.6 Å². The first-order valence-electron chi connectivity index (χ1n) is 11.8. The number of allylic oxidation sites excluding steroid dienone is 1. The van der Waals surface area contributed by atoms with Crippen LogP contribution in [0.4, 0.5) is 17.3 Å². The molecule has 0 unspecified atom stereocenters. The van der Waals surface area contributed by atoms with E-state index in [0.29, 0.717) is 27.9 Å². The number of ketones is 1. The van der Waals surface area contributed by atoms with Gasteiger partial charge >= 0.3 is 0 Å². The minimum absolute atomic E-state index is 0.0557. The third-order valence-electron chi connectivity index (χ3n) is 6.45. The fraction of sp³-hybridized carbons (Fsp3) is 0.259. The topological polar surface area (TPSA) is 86.8 Å². The Bertz CT molecular complexity index is 1390. The third-order valence-corrected chi connectivity index (χ3v) is 6.78. The molecule has 0 atom stereocenters. The highest BCUT2D eigenvalue weighted by molar-refractivity contribution is 6.33. The van der Waals surface area contributed by atoms with Gasteiger partial charge in [0.15, 0.2) is 11.4 Å². The number of carbonyl (C=O) groups excluding carboxylic acids is 1. The summed E-state index contributed by atoms with van der Waals surface area (Å²) in [6, 6.07) is 13.8. The largest absolute Gasteiger partial charge is 0.371 e. The van der Waals surface area contributed by atoms with E-state index in [2.05, 4.69) is 51.0 Å². The van der Waals surface area contributed by atoms with Gasteiger partial charge in [-0.1, -0.05) is 37.2 Å². The Kier molecular flexibility index (Phi) is 6.51. The highest BCUT2D eigenvalue weighted by atomic mass is 35.5. The predicted octanol–water partition coefficient (Wildman–Crippen LogP) is 5.95. The molecule has 0 spiro atoms. The summed E-state index contributed by atoms with van der Waals surface area (Å²) in [5.41, 5.74) is 4.89. The van der Waals surface area contributed by atoms with Crippen molar-refractivity contribution in [2.24, 2.45) is 5.92 Å². The van der Waals surface area contributed by atoms with Gasteiger partial charge in [0, 0.05) is 36.4 Å². The molecule has 35 heavy (non-hydrogen) atoms. The number of piperidine rings is 1. The van der Waals surface area contributed by atoms with Crippen LogP contribution in [0.5, 0.6) is 0 Å². The zero-order valence-corrected chi connectivity index (χ0v) is 20.3. The SMILES string of the molecule is C=CC(=O)Cc1ccc(Cl)c(-c2nc(Nc3cccc(N4CCC(C)CC4)c3)nc3[nH]ncc23)c1. The number of nitrogens with zero attached hydrogens (tertiary/aromatic N) is 4. The van der Waals surface area contributed by atoms with Crippen molar-refractivity contribution in [1.82, 2.24) is 20.2 Å². The Morgan fingerprint density at radius 1 is 1.23 bits per heavy atom. The molecule has 5 rings (SSSR count). The molecule has 8 heteroatoms. The second kappa shape index (κ2) is 9.88. The Morgan fingerprint density at radius 2 is 2.06 bits per heavy atom. The van der Waals surface area contributed by atoms with E-state index >= 15 is 0 Å². The number of halogens is 1. The molecule has 1 fully saturated rings. The van der Waals surface area contributed by atoms with E-state index < -0.39 is 0 Å². The van der Waals surface area contributed by atoms with Gasteiger partial charge in [-0.25, -0.2) is 4.98 Å². The number of hydrogen-bond acceptors (Lipinski definition) is 6. The van der Waals surface area contributed by atoms with Crippen molar-refractivity contribution in [2.75, 3.05) is 23.3 Å². The van der Waals surface area contributed by atoms with Gasteiger partial charge in [0.05, 0.1) is 22.3 Å². The Balaban J connectivity index is 1.48. The highest BCUT2D eigenvalue weighted by Gasteiger charge is 2.18. The molecule has 0 aliphatic carbocycles. The summed E-state index contributed by atoms with van der Waals surface area (Å²) in [6.07, 6.45) is 5.68. The van der Waals surface area contributed by atoms with Crippen LogP contribution in [-0.2, 0) is 11.2 Å². The number of hydrogen-bond donors (Lipinski definition) is 2. The van der Waals surface area contributed by atoms with Crippen molar-refractivity contribution in [2.45, 2.75) is 26.2 Å². The quantitative estimate of drug-likeness (QED) is 0.314. The lowest BCUT2D eigenvalue weighted by molar-refractivity contribution is -0.114. The summed E-state index contributed by atoms with van der Waals surface area (Å²) >= 11 is 6.58. The van der Waals surface area contributed by atoms with Crippen molar-refractivity contribution < 1.29 is 4.79 Å². The number of H-pyrrole nitrogens is 1. The summed E-state index contributed by atoms with van der Waals surface area (Å²) in [7, 11) is 0. The molecule has 0 amide bonds. The van der Waals surface area contributed by atoms with Gasteiger partial charge in [0.1, 0.15) is 0 Å². The van der Waals surface area contributed by atoms with E-state index in [1.54, 1.807) is 12.3 Å². The van der Waals surface area contributed by atoms with Crippen LogP contribution >= 0.6 is 11.6 Å². The molecule has 0 radical (unpaired) electrons. The number of benzene rings is 2. The first-order chi connectivity index (χ1) is 17.0. The van der Waals surface area contributed by atoms with Gasteiger partial charge in [-0.2, -0.15) is 10.1 Å². The standard InChI is InChI=1S/C27H27ClN6O/c1-3-21(35)13-18-7-8-24(28)22(14-18)25-23-16-29-33-26(23)32-27(31-25)30-19-5-4-6-20(15-19)34-11-9-17(2)10-12-34/h3-8,14-17H,1,9-13H2,2H3,(H2,29,30,31,32,33). The van der Waals surface area contributed by atoms with Crippen LogP contribution in [0.15, 0.2) is 61.3 Å². The van der Waals surface area contributed by atoms with Crippen molar-refractivity contribution in [3.05, 3.63) is 71.9 Å². The van der Waals surface area contributed by atoms with Gasteiger partial charge in [-0.15, -0.1) is 0 Å². The summed E-state index contributed by atoms with van der Waals surface area (Å²) in [4.78, 5) is 23.7. The molecule has 1 aliphatic heterocycles. The minimum Gasteiger partial charge on any atom is -0.371 e. The zero-order valence-electron chi connectivity index (χ0n) is 19.6. The van der Waals surface area contributed by atoms with Crippen LogP contribution < -0.4 is 10.2 Å². The van der Waals surface area contributed by atoms with Gasteiger partial charge < -0.3 is 10.2 Å². The summed E-state index contributed by atoms with van der Waals surface area (Å²) in [5, 5.41) is 11.7. The van der Waals surface area contributed by atoms with Crippen LogP contribution in [0.25, 0.3) is 22.3 Å². The van der Waals surface area contributed by atoms with Gasteiger partial charge in [0.2, 0.25) is 5.95 Å². The average molecular weight is 487 g/mol. The van der Waals surface area contributed by atoms with Crippen LogP contribution in [-0.4, -0.2) is 39.0 Å². The highest BCUT2D eigenvalue weighted by Crippen LogP contribution is 2.34. The number of fused-ring (bicyclic) bond motifs is 1. The van der Waals surface area contributed by atoms with Gasteiger partial charge in [-0.05, 0) is 60.7 Å². The second-order valence-corrected chi connectivity index (χ2v) is 9.44. The monoisotopic (exact) mass is 486 g/mol. The third kappa shape index (κ3) is 5.05. The number of rotatable bonds is 7. The maximum absolute atomic E-state index is 11.9. The van der Waals surface area contributed by atoms with E-state index in [9.17, 15) is 4.79 Å². The number of anilines is 3. The number of carbonyl (C=O) groups is 1. The summed E-state index contributed by atoms with van der Waals surface area (Å²) < 4.78 is 0. The van der Waals surface area contributed by atoms with Crippen LogP contribution in [0.2, 0.25) is 5.02 Å². The number of aromatic nitrogens is 4. The molecule has 3 heterocycles. The molecular weight excluding hydrogens is 460 g/mol. The summed E-state index contributed by atoms with van der Waals surface area (Å²) in [5.74, 6) is 1.16. The first-order valence-corrected chi connectivity index (χ1v) is 12.1. The van der Waals surface area contributed by atoms with Gasteiger partial charge in [-0.3, -0.25) is 9.89 Å². The molecule has 2 aromatic carbocycles. The van der Waals surface area contributed by atoms with Crippen molar-refractivity contribution in [1.29, 1.82) is 0 Å². The van der Waals surface area contributed by atoms with Crippen molar-refractivity contribution in [3.63, 3.8) is 0 Å². The molecule has 178 valence electrons. The molecule has 2 N–H and O–H groups in total. The maximum Gasteiger partial charge on any atom is 0.229 e. The molecule has 0 saturated carbocycles. The fourth-order valence-corrected chi connectivity index (χ4v) is 4.62. The lowest BCUT2D eigenvalue weighted by Crippen LogP contribution is -2.32. The lowest BCUT2D eigenvalue weighted by Gasteiger charge is -2.32. The second-order valence-electron chi connectivity index (χ2n) is 9.03. The molecule has 4 aromatic rings. The molecule has 7 nitrogen and oxygen atoms in total. The first kappa shape index (κ1) is 23.1. The minimum atomic E-state index is -0.0557. The van der Waals surface area contributed by atoms with E-state index in [1.165, 1.54) is 24.6 Å². The summed E-state index contributed by atoms with van der Waals surface area (Å²) in [6.45, 7) is 8.00. The molecule has 2 aromatic heterocycles. The normalized spacial score (nSPS) is 14.3. The lowest BCUT2D eigenvalue weighted by atomic mass is 9.99. The van der Waals surface area contributed by atoms with E-state index in [0.717, 1.165) is 35.6 Å². The maximum atomic E-state index is 11.9. The molecular formula is C27H27ClN6O. The number of aromatic amines is 1.